The number of anilines is 1. The normalized spacial score (nSPS) is 16.6. The standard InChI is InChI=1S/C25H30Cl2N3O6P.Ca/c1-18(36-37(32,33)34)30-23-17-20(9-7-19(23)8-10-24(30)31)35-16-3-2-11-28-12-14-29(15-13-28)22-6-4-5-21(26)25(22)27;/h4-10,17-18H,2-3,11-16H2,1H3,(H2,32,33,34);/q;+2/p-1. The third-order valence-corrected chi connectivity index (χ3v) is 7.72. The minimum absolute atomic E-state index is 0. The molecule has 2 atom stereocenters. The first-order valence-electron chi connectivity index (χ1n) is 12.0. The number of phosphoric acid groups is 1. The van der Waals surface area contributed by atoms with E-state index in [0.717, 1.165) is 51.3 Å². The van der Waals surface area contributed by atoms with E-state index < -0.39 is 19.6 Å². The molecule has 0 spiro atoms. The fourth-order valence-electron chi connectivity index (χ4n) is 4.51. The summed E-state index contributed by atoms with van der Waals surface area (Å²) >= 11 is 12.5. The predicted molar refractivity (Wildman–Crippen MR) is 149 cm³/mol. The van der Waals surface area contributed by atoms with E-state index in [1.165, 1.54) is 17.6 Å². The number of unbranched alkanes of at least 4 members (excludes halogenated alkanes) is 1. The molecule has 13 heteroatoms. The summed E-state index contributed by atoms with van der Waals surface area (Å²) in [7, 11) is -5.02. The molecule has 1 saturated heterocycles. The van der Waals surface area contributed by atoms with Crippen LogP contribution in [0.15, 0.2) is 53.3 Å². The molecule has 1 fully saturated rings. The molecule has 1 N–H and O–H groups in total. The Hall–Kier alpha value is -0.840. The number of benzene rings is 2. The van der Waals surface area contributed by atoms with Crippen molar-refractivity contribution in [1.29, 1.82) is 0 Å². The number of pyridine rings is 1. The number of hydrogen-bond donors (Lipinski definition) is 1. The van der Waals surface area contributed by atoms with Crippen molar-refractivity contribution < 1.29 is 23.6 Å². The summed E-state index contributed by atoms with van der Waals surface area (Å²) < 4.78 is 22.9. The molecule has 3 aromatic rings. The molecule has 0 saturated carbocycles. The van der Waals surface area contributed by atoms with Gasteiger partial charge in [0.1, 0.15) is 12.0 Å². The molecule has 2 unspecified atom stereocenters. The number of piperazine rings is 1. The minimum atomic E-state index is -5.02. The van der Waals surface area contributed by atoms with E-state index in [-0.39, 0.29) is 37.7 Å². The Bertz CT molecular complexity index is 1350. The Morgan fingerprint density at radius 1 is 1.08 bits per heavy atom. The molecule has 0 bridgehead atoms. The molecule has 1 aromatic heterocycles. The van der Waals surface area contributed by atoms with Crippen LogP contribution in [0.25, 0.3) is 10.9 Å². The Kier molecular flexibility index (Phi) is 11.8. The van der Waals surface area contributed by atoms with E-state index >= 15 is 0 Å². The molecule has 0 radical (unpaired) electrons. The third-order valence-electron chi connectivity index (χ3n) is 6.34. The van der Waals surface area contributed by atoms with Crippen LogP contribution in [0.3, 0.4) is 0 Å². The molecule has 1 aliphatic rings. The van der Waals surface area contributed by atoms with Gasteiger partial charge in [0, 0.05) is 38.3 Å². The van der Waals surface area contributed by atoms with Crippen molar-refractivity contribution in [2.24, 2.45) is 0 Å². The topological polar surface area (TPSA) is 107 Å². The second-order valence-electron chi connectivity index (χ2n) is 8.89. The van der Waals surface area contributed by atoms with Crippen molar-refractivity contribution in [2.45, 2.75) is 26.0 Å². The second kappa shape index (κ2) is 14.2. The Balaban J connectivity index is 0.00000400. The Morgan fingerprint density at radius 3 is 2.50 bits per heavy atom. The molecule has 2 aromatic carbocycles. The van der Waals surface area contributed by atoms with Crippen LogP contribution in [-0.4, -0.2) is 91.4 Å². The van der Waals surface area contributed by atoms with Crippen molar-refractivity contribution in [2.75, 3.05) is 44.2 Å². The maximum atomic E-state index is 12.4. The molecule has 38 heavy (non-hydrogen) atoms. The number of rotatable bonds is 10. The summed E-state index contributed by atoms with van der Waals surface area (Å²) in [4.78, 5) is 37.3. The average Bonchev–Trinajstić information content (AvgIpc) is 2.84. The van der Waals surface area contributed by atoms with Gasteiger partial charge in [-0.3, -0.25) is 23.4 Å². The van der Waals surface area contributed by atoms with Gasteiger partial charge in [-0.05, 0) is 62.0 Å². The maximum absolute atomic E-state index is 12.4. The van der Waals surface area contributed by atoms with Gasteiger partial charge in [-0.1, -0.05) is 29.3 Å². The predicted octanol–water partition coefficient (Wildman–Crippen LogP) is 3.90. The van der Waals surface area contributed by atoms with Gasteiger partial charge in [0.2, 0.25) is 0 Å². The van der Waals surface area contributed by atoms with Crippen LogP contribution in [-0.2, 0) is 9.09 Å². The molecular formula is C25H29CaCl2N3O6P+. The summed E-state index contributed by atoms with van der Waals surface area (Å²) in [6.07, 6.45) is 0.606. The first-order chi connectivity index (χ1) is 17.6. The molecule has 2 heterocycles. The summed E-state index contributed by atoms with van der Waals surface area (Å²) in [6.45, 7) is 6.48. The SMILES string of the molecule is CC(OP(=O)([O-])O)n1c(=O)ccc2ccc(OCCCCN3CCN(c4cccc(Cl)c4Cl)CC3)cc21.[Ca+2]. The van der Waals surface area contributed by atoms with Crippen molar-refractivity contribution in [3.8, 4) is 5.75 Å². The van der Waals surface area contributed by atoms with E-state index in [0.29, 0.717) is 33.3 Å². The molecule has 0 aliphatic carbocycles. The Morgan fingerprint density at radius 2 is 1.79 bits per heavy atom. The van der Waals surface area contributed by atoms with Crippen molar-refractivity contribution in [3.63, 3.8) is 0 Å². The first kappa shape index (κ1) is 31.7. The zero-order chi connectivity index (χ0) is 26.6. The van der Waals surface area contributed by atoms with Crippen LogP contribution in [0, 0.1) is 0 Å². The second-order valence-corrected chi connectivity index (χ2v) is 10.8. The first-order valence-corrected chi connectivity index (χ1v) is 14.3. The molecule has 200 valence electrons. The van der Waals surface area contributed by atoms with Gasteiger partial charge in [-0.25, -0.2) is 0 Å². The number of hydrogen-bond acceptors (Lipinski definition) is 7. The van der Waals surface area contributed by atoms with Crippen molar-refractivity contribution in [1.82, 2.24) is 9.47 Å². The zero-order valence-corrected chi connectivity index (χ0v) is 25.7. The largest absolute Gasteiger partial charge is 2.00 e. The zero-order valence-electron chi connectivity index (χ0n) is 21.1. The number of aromatic nitrogens is 1. The molecular weight excluding hydrogens is 580 g/mol. The summed E-state index contributed by atoms with van der Waals surface area (Å²) in [5.74, 6) is 0.556. The smallest absolute Gasteiger partial charge is 0.756 e. The Labute approximate surface area is 261 Å². The van der Waals surface area contributed by atoms with E-state index in [9.17, 15) is 14.3 Å². The van der Waals surface area contributed by atoms with Gasteiger partial charge in [-0.2, -0.15) is 0 Å². The van der Waals surface area contributed by atoms with Crippen LogP contribution < -0.4 is 20.1 Å². The van der Waals surface area contributed by atoms with Crippen molar-refractivity contribution >= 4 is 85.4 Å². The van der Waals surface area contributed by atoms with Crippen LogP contribution >= 0.6 is 31.0 Å². The molecule has 1 aliphatic heterocycles. The van der Waals surface area contributed by atoms with Gasteiger partial charge >= 0.3 is 37.7 Å². The average molecular weight is 609 g/mol. The van der Waals surface area contributed by atoms with Gasteiger partial charge < -0.3 is 19.4 Å². The fraction of sp³-hybridized carbons (Fsp3) is 0.400. The molecule has 0 amide bonds. The number of halogens is 2. The number of ether oxygens (including phenoxy) is 1. The van der Waals surface area contributed by atoms with E-state index in [1.807, 2.05) is 12.1 Å². The monoisotopic (exact) mass is 608 g/mol. The molecule has 4 rings (SSSR count). The molecule has 9 nitrogen and oxygen atoms in total. The number of nitrogens with zero attached hydrogens (tertiary/aromatic N) is 3. The van der Waals surface area contributed by atoms with E-state index in [1.54, 1.807) is 30.3 Å². The van der Waals surface area contributed by atoms with E-state index in [2.05, 4.69) is 14.3 Å². The van der Waals surface area contributed by atoms with Gasteiger partial charge in [0.05, 0.1) is 27.9 Å². The van der Waals surface area contributed by atoms with Crippen LogP contribution in [0.2, 0.25) is 10.0 Å². The van der Waals surface area contributed by atoms with Gasteiger partial charge in [-0.15, -0.1) is 0 Å². The maximum Gasteiger partial charge on any atom is 2.00 e. The van der Waals surface area contributed by atoms with Gasteiger partial charge in [0.25, 0.3) is 13.4 Å². The van der Waals surface area contributed by atoms with E-state index in [4.69, 9.17) is 32.8 Å². The summed E-state index contributed by atoms with van der Waals surface area (Å²) in [5.41, 5.74) is 0.967. The summed E-state index contributed by atoms with van der Waals surface area (Å²) in [5, 5.41) is 1.87. The quantitative estimate of drug-likeness (QED) is 0.210. The third kappa shape index (κ3) is 8.33. The van der Waals surface area contributed by atoms with Crippen LogP contribution in [0.4, 0.5) is 5.69 Å². The van der Waals surface area contributed by atoms with Crippen molar-refractivity contribution in [3.05, 3.63) is 68.9 Å². The van der Waals surface area contributed by atoms with Crippen LogP contribution in [0.1, 0.15) is 26.0 Å². The fourth-order valence-corrected chi connectivity index (χ4v) is 5.41. The van der Waals surface area contributed by atoms with Gasteiger partial charge in [0.15, 0.2) is 0 Å². The number of phosphoric ester groups is 1. The minimum Gasteiger partial charge on any atom is -0.756 e. The summed E-state index contributed by atoms with van der Waals surface area (Å²) in [6, 6.07) is 13.9. The number of fused-ring (bicyclic) bond motifs is 1. The van der Waals surface area contributed by atoms with Crippen LogP contribution in [0.5, 0.6) is 5.75 Å².